The third-order valence-electron chi connectivity index (χ3n) is 2.14. The molecule has 0 unspecified atom stereocenters. The standard InChI is InChI=1S/C10H7FS.C4H3BrS/c11-9-5-3-8(4-6-9)10-2-1-7-12-10;5-4-2-1-3-6-4/h1-7H;1-3H. The Bertz CT molecular complexity index is 556. The van der Waals surface area contributed by atoms with Gasteiger partial charge >= 0.3 is 0 Å². The Morgan fingerprint density at radius 1 is 0.833 bits per heavy atom. The molecule has 0 fully saturated rings. The van der Waals surface area contributed by atoms with Crippen LogP contribution in [0, 0.1) is 5.82 Å². The van der Waals surface area contributed by atoms with E-state index in [1.54, 1.807) is 34.8 Å². The first kappa shape index (κ1) is 13.5. The molecule has 3 rings (SSSR count). The van der Waals surface area contributed by atoms with Crippen LogP contribution in [0.15, 0.2) is 63.1 Å². The van der Waals surface area contributed by atoms with Gasteiger partial charge in [0.2, 0.25) is 0 Å². The van der Waals surface area contributed by atoms with E-state index >= 15 is 0 Å². The van der Waals surface area contributed by atoms with Gasteiger partial charge in [-0.05, 0) is 56.5 Å². The van der Waals surface area contributed by atoms with Crippen molar-refractivity contribution in [1.29, 1.82) is 0 Å². The predicted octanol–water partition coefficient (Wildman–Crippen LogP) is 6.06. The third-order valence-corrected chi connectivity index (χ3v) is 4.53. The molecule has 0 saturated carbocycles. The van der Waals surface area contributed by atoms with E-state index in [0.717, 1.165) is 5.56 Å². The van der Waals surface area contributed by atoms with E-state index in [0.29, 0.717) is 0 Å². The van der Waals surface area contributed by atoms with Crippen LogP contribution in [0.4, 0.5) is 4.39 Å². The van der Waals surface area contributed by atoms with Crippen LogP contribution in [-0.4, -0.2) is 0 Å². The van der Waals surface area contributed by atoms with Crippen LogP contribution < -0.4 is 0 Å². The maximum atomic E-state index is 12.5. The molecule has 1 aromatic carbocycles. The molecule has 2 heterocycles. The summed E-state index contributed by atoms with van der Waals surface area (Å²) in [4.78, 5) is 1.18. The molecule has 0 atom stereocenters. The van der Waals surface area contributed by atoms with Crippen LogP contribution in [0.1, 0.15) is 0 Å². The van der Waals surface area contributed by atoms with Crippen molar-refractivity contribution in [2.75, 3.05) is 0 Å². The third kappa shape index (κ3) is 4.05. The lowest BCUT2D eigenvalue weighted by molar-refractivity contribution is 0.628. The van der Waals surface area contributed by atoms with Crippen molar-refractivity contribution in [3.63, 3.8) is 0 Å². The maximum Gasteiger partial charge on any atom is 0.123 e. The lowest BCUT2D eigenvalue weighted by Crippen LogP contribution is -1.73. The molecule has 0 aliphatic rings. The quantitative estimate of drug-likeness (QED) is 0.504. The van der Waals surface area contributed by atoms with Crippen LogP contribution in [0.5, 0.6) is 0 Å². The zero-order chi connectivity index (χ0) is 12.8. The second-order valence-electron chi connectivity index (χ2n) is 3.40. The Balaban J connectivity index is 0.000000169. The first-order valence-corrected chi connectivity index (χ1v) is 7.79. The minimum absolute atomic E-state index is 0.185. The summed E-state index contributed by atoms with van der Waals surface area (Å²) >= 11 is 6.65. The van der Waals surface area contributed by atoms with Gasteiger partial charge in [-0.3, -0.25) is 0 Å². The van der Waals surface area contributed by atoms with E-state index in [9.17, 15) is 4.39 Å². The van der Waals surface area contributed by atoms with E-state index in [4.69, 9.17) is 0 Å². The van der Waals surface area contributed by atoms with Gasteiger partial charge in [-0.15, -0.1) is 22.7 Å². The molecule has 0 amide bonds. The number of hydrogen-bond acceptors (Lipinski definition) is 2. The largest absolute Gasteiger partial charge is 0.207 e. The lowest BCUT2D eigenvalue weighted by Gasteiger charge is -1.94. The Kier molecular flexibility index (Phi) is 5.11. The lowest BCUT2D eigenvalue weighted by atomic mass is 10.2. The van der Waals surface area contributed by atoms with Crippen molar-refractivity contribution >= 4 is 38.6 Å². The highest BCUT2D eigenvalue weighted by Gasteiger charge is 1.97. The van der Waals surface area contributed by atoms with E-state index in [1.165, 1.54) is 20.8 Å². The van der Waals surface area contributed by atoms with Crippen LogP contribution in [0.2, 0.25) is 0 Å². The molecule has 92 valence electrons. The molecule has 0 saturated heterocycles. The summed E-state index contributed by atoms with van der Waals surface area (Å²) in [5.41, 5.74) is 1.08. The average molecular weight is 341 g/mol. The van der Waals surface area contributed by atoms with Crippen LogP contribution >= 0.6 is 38.6 Å². The Labute approximate surface area is 122 Å². The number of benzene rings is 1. The van der Waals surface area contributed by atoms with Gasteiger partial charge in [0, 0.05) is 4.88 Å². The molecule has 2 aromatic heterocycles. The van der Waals surface area contributed by atoms with Crippen molar-refractivity contribution in [2.45, 2.75) is 0 Å². The molecular formula is C14H10BrFS2. The van der Waals surface area contributed by atoms with Crippen LogP contribution in [-0.2, 0) is 0 Å². The van der Waals surface area contributed by atoms with Gasteiger partial charge < -0.3 is 0 Å². The zero-order valence-corrected chi connectivity index (χ0v) is 12.6. The molecule has 18 heavy (non-hydrogen) atoms. The predicted molar refractivity (Wildman–Crippen MR) is 81.7 cm³/mol. The van der Waals surface area contributed by atoms with Crippen LogP contribution in [0.25, 0.3) is 10.4 Å². The summed E-state index contributed by atoms with van der Waals surface area (Å²) in [6.07, 6.45) is 0. The van der Waals surface area contributed by atoms with Gasteiger partial charge in [-0.1, -0.05) is 24.3 Å². The average Bonchev–Trinajstić information content (AvgIpc) is 3.03. The molecule has 0 bridgehead atoms. The number of halogens is 2. The Hall–Kier alpha value is -0.970. The summed E-state index contributed by atoms with van der Waals surface area (Å²) in [6, 6.07) is 14.6. The van der Waals surface area contributed by atoms with E-state index in [-0.39, 0.29) is 5.82 Å². The van der Waals surface area contributed by atoms with Gasteiger partial charge in [-0.25, -0.2) is 4.39 Å². The number of rotatable bonds is 1. The van der Waals surface area contributed by atoms with Gasteiger partial charge in [-0.2, -0.15) is 0 Å². The van der Waals surface area contributed by atoms with Gasteiger partial charge in [0.05, 0.1) is 3.79 Å². The molecule has 3 aromatic rings. The SMILES string of the molecule is Brc1cccs1.Fc1ccc(-c2cccs2)cc1. The van der Waals surface area contributed by atoms with Crippen molar-refractivity contribution in [2.24, 2.45) is 0 Å². The first-order chi connectivity index (χ1) is 8.75. The van der Waals surface area contributed by atoms with Gasteiger partial charge in [0.1, 0.15) is 5.82 Å². The summed E-state index contributed by atoms with van der Waals surface area (Å²) < 4.78 is 13.7. The molecule has 4 heteroatoms. The Morgan fingerprint density at radius 3 is 1.94 bits per heavy atom. The first-order valence-electron chi connectivity index (χ1n) is 5.24. The highest BCUT2D eigenvalue weighted by molar-refractivity contribution is 9.11. The highest BCUT2D eigenvalue weighted by Crippen LogP contribution is 2.24. The maximum absolute atomic E-state index is 12.5. The topological polar surface area (TPSA) is 0 Å². The van der Waals surface area contributed by atoms with Crippen molar-refractivity contribution in [1.82, 2.24) is 0 Å². The molecular weight excluding hydrogens is 331 g/mol. The highest BCUT2D eigenvalue weighted by atomic mass is 79.9. The molecule has 0 radical (unpaired) electrons. The van der Waals surface area contributed by atoms with Crippen LogP contribution in [0.3, 0.4) is 0 Å². The smallest absolute Gasteiger partial charge is 0.123 e. The van der Waals surface area contributed by atoms with Crippen molar-refractivity contribution in [3.8, 4) is 10.4 Å². The fourth-order valence-corrected chi connectivity index (χ4v) is 2.97. The number of hydrogen-bond donors (Lipinski definition) is 0. The normalized spacial score (nSPS) is 9.67. The fourth-order valence-electron chi connectivity index (χ4n) is 1.32. The summed E-state index contributed by atoms with van der Waals surface area (Å²) in [5.74, 6) is -0.185. The van der Waals surface area contributed by atoms with E-state index in [2.05, 4.69) is 15.9 Å². The molecule has 0 nitrogen and oxygen atoms in total. The summed E-state index contributed by atoms with van der Waals surface area (Å²) in [7, 11) is 0. The second-order valence-corrected chi connectivity index (χ2v) is 6.68. The van der Waals surface area contributed by atoms with E-state index < -0.39 is 0 Å². The molecule has 0 N–H and O–H groups in total. The zero-order valence-electron chi connectivity index (χ0n) is 9.35. The minimum Gasteiger partial charge on any atom is -0.207 e. The fraction of sp³-hybridized carbons (Fsp3) is 0. The number of thiophene rings is 2. The van der Waals surface area contributed by atoms with E-state index in [1.807, 2.05) is 35.0 Å². The van der Waals surface area contributed by atoms with Crippen molar-refractivity contribution in [3.05, 3.63) is 68.9 Å². The summed E-state index contributed by atoms with van der Waals surface area (Å²) in [6.45, 7) is 0. The Morgan fingerprint density at radius 2 is 1.50 bits per heavy atom. The molecule has 0 aliphatic heterocycles. The second kappa shape index (κ2) is 6.83. The monoisotopic (exact) mass is 340 g/mol. The molecule has 0 aliphatic carbocycles. The van der Waals surface area contributed by atoms with Gasteiger partial charge in [0.25, 0.3) is 0 Å². The molecule has 0 spiro atoms. The van der Waals surface area contributed by atoms with Gasteiger partial charge in [0.15, 0.2) is 0 Å². The minimum atomic E-state index is -0.185. The van der Waals surface area contributed by atoms with Crippen molar-refractivity contribution < 1.29 is 4.39 Å². The summed E-state index contributed by atoms with van der Waals surface area (Å²) in [5, 5.41) is 4.04.